The zero-order chi connectivity index (χ0) is 16.8. The minimum absolute atomic E-state index is 0.601. The van der Waals surface area contributed by atoms with Gasteiger partial charge in [0.2, 0.25) is 0 Å². The fraction of sp³-hybridized carbons (Fsp3) is 0.579. The SMILES string of the molecule is CCn1c(SCCOc2ccc(C)cc2)nnc1C1CCCCC1. The number of aryl methyl sites for hydroxylation is 1. The Bertz CT molecular complexity index is 633. The number of hydrogen-bond donors (Lipinski definition) is 0. The van der Waals surface area contributed by atoms with E-state index in [-0.39, 0.29) is 0 Å². The second kappa shape index (κ2) is 8.56. The summed E-state index contributed by atoms with van der Waals surface area (Å²) in [4.78, 5) is 0. The minimum Gasteiger partial charge on any atom is -0.493 e. The van der Waals surface area contributed by atoms with Crippen molar-refractivity contribution in [3.63, 3.8) is 0 Å². The van der Waals surface area contributed by atoms with Crippen molar-refractivity contribution in [2.75, 3.05) is 12.4 Å². The highest BCUT2D eigenvalue weighted by Gasteiger charge is 2.22. The third-order valence-electron chi connectivity index (χ3n) is 4.64. The third kappa shape index (κ3) is 4.32. The molecular formula is C19H27N3OS. The Hall–Kier alpha value is -1.49. The second-order valence-corrected chi connectivity index (χ2v) is 7.49. The number of aromatic nitrogens is 3. The monoisotopic (exact) mass is 345 g/mol. The lowest BCUT2D eigenvalue weighted by Gasteiger charge is -2.21. The highest BCUT2D eigenvalue weighted by molar-refractivity contribution is 7.99. The summed E-state index contributed by atoms with van der Waals surface area (Å²) >= 11 is 1.74. The predicted octanol–water partition coefficient (Wildman–Crippen LogP) is 4.83. The molecule has 0 saturated heterocycles. The molecule has 0 aliphatic heterocycles. The predicted molar refractivity (Wildman–Crippen MR) is 98.9 cm³/mol. The molecule has 0 N–H and O–H groups in total. The Morgan fingerprint density at radius 1 is 1.12 bits per heavy atom. The molecule has 24 heavy (non-hydrogen) atoms. The van der Waals surface area contributed by atoms with E-state index in [1.54, 1.807) is 11.8 Å². The molecule has 130 valence electrons. The summed E-state index contributed by atoms with van der Waals surface area (Å²) in [6, 6.07) is 8.20. The number of rotatable bonds is 7. The van der Waals surface area contributed by atoms with Crippen molar-refractivity contribution >= 4 is 11.8 Å². The summed E-state index contributed by atoms with van der Waals surface area (Å²) in [6.07, 6.45) is 6.55. The molecule has 1 heterocycles. The molecule has 1 aliphatic rings. The summed E-state index contributed by atoms with van der Waals surface area (Å²) in [5.74, 6) is 3.61. The summed E-state index contributed by atoms with van der Waals surface area (Å²) < 4.78 is 8.10. The van der Waals surface area contributed by atoms with Crippen LogP contribution in [0, 0.1) is 6.92 Å². The zero-order valence-corrected chi connectivity index (χ0v) is 15.5. The molecule has 0 atom stereocenters. The van der Waals surface area contributed by atoms with Crippen LogP contribution in [0.25, 0.3) is 0 Å². The highest BCUT2D eigenvalue weighted by atomic mass is 32.2. The maximum absolute atomic E-state index is 5.80. The summed E-state index contributed by atoms with van der Waals surface area (Å²) in [7, 11) is 0. The lowest BCUT2D eigenvalue weighted by molar-refractivity contribution is 0.343. The summed E-state index contributed by atoms with van der Waals surface area (Å²) in [5, 5.41) is 9.98. The van der Waals surface area contributed by atoms with Crippen molar-refractivity contribution in [3.8, 4) is 5.75 Å². The fourth-order valence-electron chi connectivity index (χ4n) is 3.29. The Labute approximate surface area is 149 Å². The number of ether oxygens (including phenoxy) is 1. The highest BCUT2D eigenvalue weighted by Crippen LogP contribution is 2.33. The lowest BCUT2D eigenvalue weighted by atomic mass is 9.89. The molecule has 1 fully saturated rings. The van der Waals surface area contributed by atoms with Crippen LogP contribution in [-0.4, -0.2) is 27.1 Å². The van der Waals surface area contributed by atoms with Crippen molar-refractivity contribution in [3.05, 3.63) is 35.7 Å². The van der Waals surface area contributed by atoms with Gasteiger partial charge in [-0.05, 0) is 38.8 Å². The summed E-state index contributed by atoms with van der Waals surface area (Å²) in [6.45, 7) is 5.90. The zero-order valence-electron chi connectivity index (χ0n) is 14.7. The van der Waals surface area contributed by atoms with E-state index in [1.165, 1.54) is 43.5 Å². The first kappa shape index (κ1) is 17.3. The standard InChI is InChI=1S/C19H27N3OS/c1-3-22-18(16-7-5-4-6-8-16)20-21-19(22)24-14-13-23-17-11-9-15(2)10-12-17/h9-12,16H,3-8,13-14H2,1-2H3. The van der Waals surface area contributed by atoms with Crippen LogP contribution in [0.1, 0.15) is 56.3 Å². The van der Waals surface area contributed by atoms with E-state index in [9.17, 15) is 0 Å². The Balaban J connectivity index is 1.53. The first-order valence-electron chi connectivity index (χ1n) is 9.03. The van der Waals surface area contributed by atoms with Crippen LogP contribution in [0.2, 0.25) is 0 Å². The van der Waals surface area contributed by atoms with Crippen LogP contribution in [0.3, 0.4) is 0 Å². The normalized spacial score (nSPS) is 15.6. The molecule has 0 amide bonds. The van der Waals surface area contributed by atoms with Crippen LogP contribution in [-0.2, 0) is 6.54 Å². The van der Waals surface area contributed by atoms with E-state index < -0.39 is 0 Å². The average Bonchev–Trinajstić information content (AvgIpc) is 3.04. The molecule has 5 heteroatoms. The van der Waals surface area contributed by atoms with Crippen LogP contribution in [0.4, 0.5) is 0 Å². The van der Waals surface area contributed by atoms with E-state index in [0.29, 0.717) is 12.5 Å². The van der Waals surface area contributed by atoms with Crippen molar-refractivity contribution in [1.29, 1.82) is 0 Å². The minimum atomic E-state index is 0.601. The van der Waals surface area contributed by atoms with E-state index in [2.05, 4.69) is 40.7 Å². The Morgan fingerprint density at radius 2 is 1.88 bits per heavy atom. The van der Waals surface area contributed by atoms with Gasteiger partial charge in [0.15, 0.2) is 5.16 Å². The fourth-order valence-corrected chi connectivity index (χ4v) is 4.12. The van der Waals surface area contributed by atoms with Crippen LogP contribution in [0.15, 0.2) is 29.4 Å². The number of benzene rings is 1. The van der Waals surface area contributed by atoms with Gasteiger partial charge >= 0.3 is 0 Å². The molecular weight excluding hydrogens is 318 g/mol. The molecule has 1 aromatic carbocycles. The maximum atomic E-state index is 5.80. The number of hydrogen-bond acceptors (Lipinski definition) is 4. The van der Waals surface area contributed by atoms with Crippen LogP contribution in [0.5, 0.6) is 5.75 Å². The van der Waals surface area contributed by atoms with Gasteiger partial charge in [-0.2, -0.15) is 0 Å². The lowest BCUT2D eigenvalue weighted by Crippen LogP contribution is -2.12. The van der Waals surface area contributed by atoms with Crippen molar-refractivity contribution < 1.29 is 4.74 Å². The van der Waals surface area contributed by atoms with E-state index >= 15 is 0 Å². The molecule has 0 radical (unpaired) electrons. The van der Waals surface area contributed by atoms with E-state index in [4.69, 9.17) is 4.74 Å². The molecule has 1 saturated carbocycles. The van der Waals surface area contributed by atoms with Gasteiger partial charge in [-0.1, -0.05) is 48.7 Å². The third-order valence-corrected chi connectivity index (χ3v) is 5.57. The Kier molecular flexibility index (Phi) is 6.18. The van der Waals surface area contributed by atoms with E-state index in [0.717, 1.165) is 23.2 Å². The van der Waals surface area contributed by atoms with Gasteiger partial charge in [0, 0.05) is 18.2 Å². The molecule has 1 aliphatic carbocycles. The molecule has 0 spiro atoms. The van der Waals surface area contributed by atoms with Crippen molar-refractivity contribution in [2.45, 2.75) is 63.6 Å². The molecule has 0 bridgehead atoms. The van der Waals surface area contributed by atoms with Crippen LogP contribution < -0.4 is 4.74 Å². The van der Waals surface area contributed by atoms with Gasteiger partial charge in [0.25, 0.3) is 0 Å². The maximum Gasteiger partial charge on any atom is 0.191 e. The van der Waals surface area contributed by atoms with Gasteiger partial charge in [-0.3, -0.25) is 0 Å². The molecule has 1 aromatic heterocycles. The van der Waals surface area contributed by atoms with Crippen LogP contribution >= 0.6 is 11.8 Å². The first-order chi connectivity index (χ1) is 11.8. The quantitative estimate of drug-likeness (QED) is 0.532. The van der Waals surface area contributed by atoms with Crippen molar-refractivity contribution in [1.82, 2.24) is 14.8 Å². The first-order valence-corrected chi connectivity index (χ1v) is 10.0. The van der Waals surface area contributed by atoms with Gasteiger partial charge < -0.3 is 9.30 Å². The van der Waals surface area contributed by atoms with Gasteiger partial charge in [-0.15, -0.1) is 10.2 Å². The van der Waals surface area contributed by atoms with Gasteiger partial charge in [0.1, 0.15) is 11.6 Å². The topological polar surface area (TPSA) is 39.9 Å². The molecule has 3 rings (SSSR count). The largest absolute Gasteiger partial charge is 0.493 e. The van der Waals surface area contributed by atoms with Gasteiger partial charge in [0.05, 0.1) is 6.61 Å². The molecule has 2 aromatic rings. The van der Waals surface area contributed by atoms with Crippen molar-refractivity contribution in [2.24, 2.45) is 0 Å². The summed E-state index contributed by atoms with van der Waals surface area (Å²) in [5.41, 5.74) is 1.25. The van der Waals surface area contributed by atoms with Gasteiger partial charge in [-0.25, -0.2) is 0 Å². The molecule has 0 unspecified atom stereocenters. The van der Waals surface area contributed by atoms with E-state index in [1.807, 2.05) is 12.1 Å². The average molecular weight is 346 g/mol. The molecule has 4 nitrogen and oxygen atoms in total. The smallest absolute Gasteiger partial charge is 0.191 e. The Morgan fingerprint density at radius 3 is 2.58 bits per heavy atom. The number of thioether (sulfide) groups is 1. The number of nitrogens with zero attached hydrogens (tertiary/aromatic N) is 3. The second-order valence-electron chi connectivity index (χ2n) is 6.43.